The van der Waals surface area contributed by atoms with Crippen molar-refractivity contribution >= 4 is 16.9 Å². The first-order chi connectivity index (χ1) is 16.6. The molecular formula is C26H27N5O3. The average molecular weight is 458 g/mol. The van der Waals surface area contributed by atoms with Gasteiger partial charge in [-0.2, -0.15) is 5.10 Å². The Labute approximate surface area is 197 Å². The fourth-order valence-electron chi connectivity index (χ4n) is 4.50. The lowest BCUT2D eigenvalue weighted by molar-refractivity contribution is -0.137. The normalized spacial score (nSPS) is 14.0. The first-order valence-electron chi connectivity index (χ1n) is 11.6. The second-order valence-corrected chi connectivity index (χ2v) is 8.70. The Morgan fingerprint density at radius 1 is 1.12 bits per heavy atom. The number of aromatic nitrogens is 5. The minimum Gasteiger partial charge on any atom is -0.493 e. The molecule has 0 bridgehead atoms. The zero-order chi connectivity index (χ0) is 23.5. The molecule has 0 fully saturated rings. The van der Waals surface area contributed by atoms with Crippen LogP contribution in [-0.2, 0) is 24.1 Å². The number of ether oxygens (including phenoxy) is 1. The minimum atomic E-state index is -0.912. The third-order valence-corrected chi connectivity index (χ3v) is 6.28. The molecule has 0 spiro atoms. The van der Waals surface area contributed by atoms with Crippen LogP contribution >= 0.6 is 0 Å². The molecule has 1 aliphatic rings. The van der Waals surface area contributed by atoms with E-state index in [9.17, 15) is 9.90 Å². The van der Waals surface area contributed by atoms with Crippen LogP contribution in [-0.4, -0.2) is 42.4 Å². The summed E-state index contributed by atoms with van der Waals surface area (Å²) in [5.41, 5.74) is 5.22. The van der Waals surface area contributed by atoms with Crippen LogP contribution in [0.15, 0.2) is 48.9 Å². The second-order valence-electron chi connectivity index (χ2n) is 8.70. The predicted octanol–water partition coefficient (Wildman–Crippen LogP) is 4.09. The Bertz CT molecular complexity index is 1320. The maximum Gasteiger partial charge on any atom is 0.305 e. The van der Waals surface area contributed by atoms with Crippen molar-refractivity contribution in [3.8, 4) is 5.75 Å². The van der Waals surface area contributed by atoms with Gasteiger partial charge in [0.2, 0.25) is 0 Å². The first-order valence-corrected chi connectivity index (χ1v) is 11.6. The van der Waals surface area contributed by atoms with Gasteiger partial charge in [-0.1, -0.05) is 6.07 Å². The topological polar surface area (TPSA) is 103 Å². The molecule has 4 aromatic rings. The van der Waals surface area contributed by atoms with E-state index < -0.39 is 12.0 Å². The summed E-state index contributed by atoms with van der Waals surface area (Å²) in [4.78, 5) is 24.8. The summed E-state index contributed by atoms with van der Waals surface area (Å²) >= 11 is 0. The number of aryl methyl sites for hydroxylation is 3. The van der Waals surface area contributed by atoms with Crippen LogP contribution < -0.4 is 4.74 Å². The SMILES string of the molecule is Cc1ncc([C@H](CC(=O)O)n2ncc3cc(OCCc4ccc5c(n4)CCCC5)ccc32)cn1. The summed E-state index contributed by atoms with van der Waals surface area (Å²) in [7, 11) is 0. The van der Waals surface area contributed by atoms with Gasteiger partial charge in [-0.15, -0.1) is 0 Å². The molecule has 1 aliphatic carbocycles. The zero-order valence-corrected chi connectivity index (χ0v) is 19.1. The van der Waals surface area contributed by atoms with E-state index in [0.29, 0.717) is 18.0 Å². The van der Waals surface area contributed by atoms with Crippen LogP contribution in [0.25, 0.3) is 10.9 Å². The number of carboxylic acids is 1. The van der Waals surface area contributed by atoms with Crippen LogP contribution in [0.5, 0.6) is 5.75 Å². The molecule has 0 unspecified atom stereocenters. The number of benzene rings is 1. The lowest BCUT2D eigenvalue weighted by Gasteiger charge is -2.17. The number of aliphatic carboxylic acids is 1. The van der Waals surface area contributed by atoms with E-state index in [1.54, 1.807) is 30.2 Å². The van der Waals surface area contributed by atoms with E-state index in [-0.39, 0.29) is 6.42 Å². The highest BCUT2D eigenvalue weighted by Crippen LogP contribution is 2.28. The van der Waals surface area contributed by atoms with Gasteiger partial charge in [0.15, 0.2) is 0 Å². The lowest BCUT2D eigenvalue weighted by atomic mass is 9.96. The molecule has 5 rings (SSSR count). The summed E-state index contributed by atoms with van der Waals surface area (Å²) in [5, 5.41) is 14.8. The first kappa shape index (κ1) is 22.0. The quantitative estimate of drug-likeness (QED) is 0.425. The van der Waals surface area contributed by atoms with Crippen LogP contribution in [0.3, 0.4) is 0 Å². The van der Waals surface area contributed by atoms with Gasteiger partial charge < -0.3 is 9.84 Å². The number of nitrogens with zero attached hydrogens (tertiary/aromatic N) is 5. The summed E-state index contributed by atoms with van der Waals surface area (Å²) in [6.07, 6.45) is 10.4. The molecule has 1 N–H and O–H groups in total. The van der Waals surface area contributed by atoms with Crippen LogP contribution in [0.4, 0.5) is 0 Å². The number of hydrogen-bond donors (Lipinski definition) is 1. The molecule has 0 saturated heterocycles. The van der Waals surface area contributed by atoms with E-state index in [4.69, 9.17) is 9.72 Å². The van der Waals surface area contributed by atoms with E-state index in [1.165, 1.54) is 24.1 Å². The number of carboxylic acid groups (broad SMARTS) is 1. The Morgan fingerprint density at radius 2 is 1.94 bits per heavy atom. The smallest absolute Gasteiger partial charge is 0.305 e. The number of rotatable bonds is 8. The second kappa shape index (κ2) is 9.59. The average Bonchev–Trinajstić information content (AvgIpc) is 3.26. The summed E-state index contributed by atoms with van der Waals surface area (Å²) in [5.74, 6) is 0.471. The fraction of sp³-hybridized carbons (Fsp3) is 0.346. The largest absolute Gasteiger partial charge is 0.493 e. The zero-order valence-electron chi connectivity index (χ0n) is 19.1. The van der Waals surface area contributed by atoms with Gasteiger partial charge in [0.05, 0.1) is 30.8 Å². The highest BCUT2D eigenvalue weighted by atomic mass is 16.5. The molecule has 1 aromatic carbocycles. The molecule has 0 radical (unpaired) electrons. The Kier molecular flexibility index (Phi) is 6.20. The lowest BCUT2D eigenvalue weighted by Crippen LogP contribution is -2.17. The van der Waals surface area contributed by atoms with Crippen LogP contribution in [0.2, 0.25) is 0 Å². The van der Waals surface area contributed by atoms with Gasteiger partial charge in [0.1, 0.15) is 11.6 Å². The van der Waals surface area contributed by atoms with Gasteiger partial charge in [-0.3, -0.25) is 14.5 Å². The molecule has 8 heteroatoms. The molecule has 0 saturated carbocycles. The van der Waals surface area contributed by atoms with Crippen molar-refractivity contribution < 1.29 is 14.6 Å². The predicted molar refractivity (Wildman–Crippen MR) is 127 cm³/mol. The monoisotopic (exact) mass is 457 g/mol. The number of fused-ring (bicyclic) bond motifs is 2. The maximum absolute atomic E-state index is 11.5. The van der Waals surface area contributed by atoms with Crippen molar-refractivity contribution in [3.63, 3.8) is 0 Å². The molecule has 0 aliphatic heterocycles. The van der Waals surface area contributed by atoms with Crippen LogP contribution in [0.1, 0.15) is 53.6 Å². The molecule has 174 valence electrons. The van der Waals surface area contributed by atoms with Crippen molar-refractivity contribution in [2.45, 2.75) is 51.5 Å². The third-order valence-electron chi connectivity index (χ3n) is 6.28. The number of pyridine rings is 1. The highest BCUT2D eigenvalue weighted by Gasteiger charge is 2.21. The van der Waals surface area contributed by atoms with Crippen molar-refractivity contribution in [2.75, 3.05) is 6.61 Å². The molecule has 3 aromatic heterocycles. The number of carbonyl (C=O) groups is 1. The fourth-order valence-corrected chi connectivity index (χ4v) is 4.50. The van der Waals surface area contributed by atoms with Gasteiger partial charge in [-0.05, 0) is 62.4 Å². The summed E-state index contributed by atoms with van der Waals surface area (Å²) in [6.45, 7) is 2.33. The third kappa shape index (κ3) is 4.76. The van der Waals surface area contributed by atoms with E-state index in [1.807, 2.05) is 18.2 Å². The number of hydrogen-bond acceptors (Lipinski definition) is 6. The Hall–Kier alpha value is -3.81. The Balaban J connectivity index is 1.30. The van der Waals surface area contributed by atoms with Gasteiger partial charge in [-0.25, -0.2) is 9.97 Å². The summed E-state index contributed by atoms with van der Waals surface area (Å²) < 4.78 is 7.72. The van der Waals surface area contributed by atoms with Crippen molar-refractivity contribution in [3.05, 3.63) is 77.3 Å². The maximum atomic E-state index is 11.5. The molecule has 8 nitrogen and oxygen atoms in total. The van der Waals surface area contributed by atoms with E-state index in [2.05, 4.69) is 27.2 Å². The van der Waals surface area contributed by atoms with Crippen molar-refractivity contribution in [1.82, 2.24) is 24.7 Å². The van der Waals surface area contributed by atoms with Gasteiger partial charge in [0, 0.05) is 41.2 Å². The van der Waals surface area contributed by atoms with E-state index in [0.717, 1.165) is 41.6 Å². The highest BCUT2D eigenvalue weighted by molar-refractivity contribution is 5.81. The Morgan fingerprint density at radius 3 is 2.76 bits per heavy atom. The van der Waals surface area contributed by atoms with Crippen molar-refractivity contribution in [2.24, 2.45) is 0 Å². The van der Waals surface area contributed by atoms with E-state index >= 15 is 0 Å². The molecule has 34 heavy (non-hydrogen) atoms. The standard InChI is InChI=1S/C26H27N5O3/c1-17-27-14-20(15-28-17)25(13-26(32)33)31-24-9-8-22(12-19(24)16-29-31)34-11-10-21-7-6-18-4-2-3-5-23(18)30-21/h6-9,12,14-16,25H,2-5,10-11,13H2,1H3,(H,32,33)/t25-/m0/s1. The van der Waals surface area contributed by atoms with Crippen molar-refractivity contribution in [1.29, 1.82) is 0 Å². The summed E-state index contributed by atoms with van der Waals surface area (Å²) in [6, 6.07) is 9.56. The molecule has 0 amide bonds. The van der Waals surface area contributed by atoms with Crippen LogP contribution in [0, 0.1) is 6.92 Å². The minimum absolute atomic E-state index is 0.116. The molecule has 1 atom stereocenters. The molecule has 3 heterocycles. The van der Waals surface area contributed by atoms with Gasteiger partial charge in [0.25, 0.3) is 0 Å². The van der Waals surface area contributed by atoms with Gasteiger partial charge >= 0.3 is 5.97 Å². The molecular weight excluding hydrogens is 430 g/mol.